The maximum Gasteiger partial charge on any atom is 0.139 e. The molecule has 2 rings (SSSR count). The van der Waals surface area contributed by atoms with Crippen LogP contribution in [0.3, 0.4) is 0 Å². The zero-order valence-corrected chi connectivity index (χ0v) is 10.2. The Morgan fingerprint density at radius 1 is 1.47 bits per heavy atom. The lowest BCUT2D eigenvalue weighted by molar-refractivity contribution is 0.620. The summed E-state index contributed by atoms with van der Waals surface area (Å²) in [6.45, 7) is 3.06. The number of fused-ring (bicyclic) bond motifs is 1. The predicted octanol–water partition coefficient (Wildman–Crippen LogP) is 3.59. The van der Waals surface area contributed by atoms with E-state index in [1.807, 2.05) is 0 Å². The van der Waals surface area contributed by atoms with E-state index in [0.29, 0.717) is 10.5 Å². The number of halogens is 2. The normalized spacial score (nSPS) is 19.8. The Morgan fingerprint density at radius 2 is 2.27 bits per heavy atom. The Hall–Kier alpha value is -0.770. The van der Waals surface area contributed by atoms with Gasteiger partial charge in [0.1, 0.15) is 5.82 Å². The Balaban J connectivity index is 2.34. The zero-order chi connectivity index (χ0) is 10.8. The van der Waals surface area contributed by atoms with E-state index < -0.39 is 0 Å². The first-order valence-corrected chi connectivity index (χ1v) is 5.99. The van der Waals surface area contributed by atoms with Gasteiger partial charge < -0.3 is 10.6 Å². The first-order valence-electron chi connectivity index (χ1n) is 5.20. The van der Waals surface area contributed by atoms with E-state index in [2.05, 4.69) is 33.5 Å². The highest BCUT2D eigenvalue weighted by atomic mass is 79.9. The van der Waals surface area contributed by atoms with Gasteiger partial charge in [-0.1, -0.05) is 6.92 Å². The van der Waals surface area contributed by atoms with Crippen LogP contribution in [0, 0.1) is 5.82 Å². The van der Waals surface area contributed by atoms with Crippen LogP contribution >= 0.6 is 15.9 Å². The number of nitrogens with one attached hydrogen (secondary N) is 2. The van der Waals surface area contributed by atoms with Crippen LogP contribution in [0.2, 0.25) is 0 Å². The minimum atomic E-state index is -0.222. The Labute approximate surface area is 97.4 Å². The van der Waals surface area contributed by atoms with Gasteiger partial charge in [-0.25, -0.2) is 4.39 Å². The molecule has 1 aliphatic heterocycles. The van der Waals surface area contributed by atoms with Crippen molar-refractivity contribution in [3.8, 4) is 0 Å². The zero-order valence-electron chi connectivity index (χ0n) is 8.61. The van der Waals surface area contributed by atoms with Gasteiger partial charge in [-0.2, -0.15) is 0 Å². The Morgan fingerprint density at radius 3 is 3.00 bits per heavy atom. The lowest BCUT2D eigenvalue weighted by atomic mass is 10.1. The molecular formula is C11H14BrFN2. The lowest BCUT2D eigenvalue weighted by Gasteiger charge is -2.15. The first kappa shape index (κ1) is 10.7. The van der Waals surface area contributed by atoms with Crippen molar-refractivity contribution in [3.05, 3.63) is 22.4 Å². The predicted molar refractivity (Wildman–Crippen MR) is 64.9 cm³/mol. The standard InChI is InChI=1S/C11H14BrFN2/c1-2-7-3-4-14-10-5-8(12)9(13)6-11(10)15-7/h5-7,14-15H,2-4H2,1H3. The quantitative estimate of drug-likeness (QED) is 0.817. The molecule has 0 spiro atoms. The van der Waals surface area contributed by atoms with Crippen molar-refractivity contribution in [1.29, 1.82) is 0 Å². The molecule has 15 heavy (non-hydrogen) atoms. The van der Waals surface area contributed by atoms with Gasteiger partial charge in [-0.15, -0.1) is 0 Å². The molecule has 2 N–H and O–H groups in total. The first-order chi connectivity index (χ1) is 7.20. The van der Waals surface area contributed by atoms with Crippen molar-refractivity contribution in [2.45, 2.75) is 25.8 Å². The van der Waals surface area contributed by atoms with E-state index in [0.717, 1.165) is 30.8 Å². The van der Waals surface area contributed by atoms with Gasteiger partial charge in [0, 0.05) is 18.7 Å². The summed E-state index contributed by atoms with van der Waals surface area (Å²) in [5.74, 6) is -0.222. The van der Waals surface area contributed by atoms with Gasteiger partial charge >= 0.3 is 0 Å². The second-order valence-electron chi connectivity index (χ2n) is 3.78. The Kier molecular flexibility index (Phi) is 3.14. The van der Waals surface area contributed by atoms with Crippen LogP contribution in [-0.2, 0) is 0 Å². The third kappa shape index (κ3) is 2.25. The molecule has 1 aromatic rings. The molecule has 1 unspecified atom stereocenters. The van der Waals surface area contributed by atoms with E-state index in [1.165, 1.54) is 0 Å². The molecule has 1 aromatic carbocycles. The molecule has 4 heteroatoms. The second kappa shape index (κ2) is 4.39. The fraction of sp³-hybridized carbons (Fsp3) is 0.455. The van der Waals surface area contributed by atoms with Crippen molar-refractivity contribution in [3.63, 3.8) is 0 Å². The van der Waals surface area contributed by atoms with Crippen molar-refractivity contribution in [1.82, 2.24) is 0 Å². The lowest BCUT2D eigenvalue weighted by Crippen LogP contribution is -2.18. The molecule has 0 aliphatic carbocycles. The number of anilines is 2. The largest absolute Gasteiger partial charge is 0.383 e. The van der Waals surface area contributed by atoms with Crippen LogP contribution in [0.1, 0.15) is 19.8 Å². The molecule has 0 amide bonds. The van der Waals surface area contributed by atoms with E-state index in [-0.39, 0.29) is 5.82 Å². The average Bonchev–Trinajstić information content (AvgIpc) is 2.41. The second-order valence-corrected chi connectivity index (χ2v) is 4.63. The van der Waals surface area contributed by atoms with E-state index in [9.17, 15) is 4.39 Å². The van der Waals surface area contributed by atoms with Gasteiger partial charge in [0.2, 0.25) is 0 Å². The molecule has 1 atom stereocenters. The molecule has 0 saturated heterocycles. The van der Waals surface area contributed by atoms with Gasteiger partial charge in [0.05, 0.1) is 15.8 Å². The van der Waals surface area contributed by atoms with E-state index in [1.54, 1.807) is 12.1 Å². The van der Waals surface area contributed by atoms with Crippen LogP contribution in [0.5, 0.6) is 0 Å². The molecule has 2 nitrogen and oxygen atoms in total. The van der Waals surface area contributed by atoms with Crippen LogP contribution in [0.4, 0.5) is 15.8 Å². The smallest absolute Gasteiger partial charge is 0.139 e. The molecule has 0 radical (unpaired) electrons. The van der Waals surface area contributed by atoms with Gasteiger partial charge in [0.25, 0.3) is 0 Å². The topological polar surface area (TPSA) is 24.1 Å². The molecule has 0 fully saturated rings. The summed E-state index contributed by atoms with van der Waals surface area (Å²) in [6, 6.07) is 3.76. The van der Waals surface area contributed by atoms with E-state index in [4.69, 9.17) is 0 Å². The third-order valence-electron chi connectivity index (χ3n) is 2.72. The molecule has 0 aromatic heterocycles. The number of hydrogen-bond acceptors (Lipinski definition) is 2. The maximum atomic E-state index is 13.4. The fourth-order valence-corrected chi connectivity index (χ4v) is 2.14. The Bertz CT molecular complexity index is 368. The van der Waals surface area contributed by atoms with Crippen molar-refractivity contribution in [2.24, 2.45) is 0 Å². The van der Waals surface area contributed by atoms with Crippen molar-refractivity contribution >= 4 is 27.3 Å². The fourth-order valence-electron chi connectivity index (χ4n) is 1.79. The highest BCUT2D eigenvalue weighted by Gasteiger charge is 2.15. The molecular weight excluding hydrogens is 259 g/mol. The van der Waals surface area contributed by atoms with Crippen LogP contribution < -0.4 is 10.6 Å². The monoisotopic (exact) mass is 272 g/mol. The molecule has 1 heterocycles. The van der Waals surface area contributed by atoms with Crippen LogP contribution in [-0.4, -0.2) is 12.6 Å². The summed E-state index contributed by atoms with van der Waals surface area (Å²) in [5.41, 5.74) is 1.83. The van der Waals surface area contributed by atoms with Gasteiger partial charge in [-0.3, -0.25) is 0 Å². The summed E-state index contributed by atoms with van der Waals surface area (Å²) in [5, 5.41) is 6.65. The SMILES string of the molecule is CCC1CCNc2cc(Br)c(F)cc2N1. The van der Waals surface area contributed by atoms with Crippen molar-refractivity contribution < 1.29 is 4.39 Å². The molecule has 0 bridgehead atoms. The summed E-state index contributed by atoms with van der Waals surface area (Å²) in [7, 11) is 0. The minimum Gasteiger partial charge on any atom is -0.383 e. The van der Waals surface area contributed by atoms with E-state index >= 15 is 0 Å². The molecule has 82 valence electrons. The highest BCUT2D eigenvalue weighted by molar-refractivity contribution is 9.10. The molecule has 1 aliphatic rings. The minimum absolute atomic E-state index is 0.222. The van der Waals surface area contributed by atoms with Crippen LogP contribution in [0.25, 0.3) is 0 Å². The van der Waals surface area contributed by atoms with Gasteiger partial charge in [-0.05, 0) is 34.8 Å². The highest BCUT2D eigenvalue weighted by Crippen LogP contribution is 2.31. The average molecular weight is 273 g/mol. The number of benzene rings is 1. The van der Waals surface area contributed by atoms with Gasteiger partial charge in [0.15, 0.2) is 0 Å². The third-order valence-corrected chi connectivity index (χ3v) is 3.33. The van der Waals surface area contributed by atoms with Crippen molar-refractivity contribution in [2.75, 3.05) is 17.2 Å². The van der Waals surface area contributed by atoms with Crippen LogP contribution in [0.15, 0.2) is 16.6 Å². The summed E-state index contributed by atoms with van der Waals surface area (Å²) in [4.78, 5) is 0. The maximum absolute atomic E-state index is 13.4. The summed E-state index contributed by atoms with van der Waals surface area (Å²) >= 11 is 3.19. The summed E-state index contributed by atoms with van der Waals surface area (Å²) in [6.07, 6.45) is 2.11. The summed E-state index contributed by atoms with van der Waals surface area (Å²) < 4.78 is 13.9. The number of hydrogen-bond donors (Lipinski definition) is 2. The molecule has 0 saturated carbocycles. The number of rotatable bonds is 1.